The monoisotopic (exact) mass is 296 g/mol. The fraction of sp³-hybridized carbons (Fsp3) is 0.429. The van der Waals surface area contributed by atoms with Crippen LogP contribution in [-0.2, 0) is 0 Å². The van der Waals surface area contributed by atoms with E-state index in [9.17, 15) is 0 Å². The topological polar surface area (TPSA) is 51.3 Å². The van der Waals surface area contributed by atoms with Crippen molar-refractivity contribution in [2.75, 3.05) is 16.3 Å². The second-order valence-corrected chi connectivity index (χ2v) is 6.03. The summed E-state index contributed by atoms with van der Waals surface area (Å²) in [6.07, 6.45) is 1.56. The van der Waals surface area contributed by atoms with Crippen molar-refractivity contribution in [2.24, 2.45) is 0 Å². The lowest BCUT2D eigenvalue weighted by molar-refractivity contribution is 0.506. The lowest BCUT2D eigenvalue weighted by Gasteiger charge is -2.51. The maximum Gasteiger partial charge on any atom is 0.334 e. The third kappa shape index (κ3) is 2.59. The molecule has 1 N–H and O–H groups in total. The first-order chi connectivity index (χ1) is 10.6. The zero-order chi connectivity index (χ0) is 15.7. The average Bonchev–Trinajstić information content (AvgIpc) is 3.02. The van der Waals surface area contributed by atoms with Crippen LogP contribution in [0.15, 0.2) is 36.7 Å². The largest absolute Gasteiger partial charge is 0.386 e. The minimum atomic E-state index is 0.253. The van der Waals surface area contributed by atoms with Gasteiger partial charge in [-0.1, -0.05) is 45.7 Å². The first-order valence-corrected chi connectivity index (χ1v) is 7.80. The van der Waals surface area contributed by atoms with Crippen molar-refractivity contribution in [1.29, 1.82) is 0 Å². The van der Waals surface area contributed by atoms with Crippen LogP contribution in [0.2, 0.25) is 13.6 Å². The summed E-state index contributed by atoms with van der Waals surface area (Å²) in [7, 11) is 0. The number of nitrogens with one attached hydrogen (secondary N) is 1. The molecule has 1 aromatic carbocycles. The Morgan fingerprint density at radius 3 is 2.36 bits per heavy atom. The third-order valence-electron chi connectivity index (χ3n) is 4.43. The van der Waals surface area contributed by atoms with Crippen LogP contribution in [0.1, 0.15) is 13.8 Å². The van der Waals surface area contributed by atoms with Gasteiger partial charge in [-0.2, -0.15) is 5.10 Å². The first-order valence-electron chi connectivity index (χ1n) is 7.80. The number of aromatic nitrogens is 3. The van der Waals surface area contributed by atoms with E-state index >= 15 is 0 Å². The molecular weight excluding hydrogens is 274 g/mol. The Hall–Kier alpha value is -1.95. The van der Waals surface area contributed by atoms with Crippen LogP contribution < -0.4 is 9.62 Å². The fourth-order valence-electron chi connectivity index (χ4n) is 3.40. The van der Waals surface area contributed by atoms with E-state index < -0.39 is 0 Å². The van der Waals surface area contributed by atoms with Crippen molar-refractivity contribution in [3.63, 3.8) is 0 Å². The molecule has 2 heterocycles. The Morgan fingerprint density at radius 1 is 1.09 bits per heavy atom. The normalized spacial score (nSPS) is 16.8. The van der Waals surface area contributed by atoms with Crippen molar-refractivity contribution in [2.45, 2.75) is 33.5 Å². The molecule has 114 valence electrons. The summed E-state index contributed by atoms with van der Waals surface area (Å²) in [6, 6.07) is 11.0. The van der Waals surface area contributed by atoms with Crippen molar-refractivity contribution < 1.29 is 0 Å². The van der Waals surface area contributed by atoms with Gasteiger partial charge in [-0.3, -0.25) is 0 Å². The molecule has 0 aliphatic carbocycles. The Balaban J connectivity index is 1.97. The number of H-pyrrole nitrogens is 1. The molecule has 8 heteroatoms. The number of anilines is 2. The lowest BCUT2D eigenvalue weighted by Crippen LogP contribution is -2.72. The highest BCUT2D eigenvalue weighted by Crippen LogP contribution is 2.26. The predicted molar refractivity (Wildman–Crippen MR) is 92.9 cm³/mol. The average molecular weight is 296 g/mol. The van der Waals surface area contributed by atoms with Gasteiger partial charge in [-0.15, -0.1) is 0 Å². The van der Waals surface area contributed by atoms with E-state index in [1.807, 2.05) is 0 Å². The van der Waals surface area contributed by atoms with E-state index in [0.717, 1.165) is 12.6 Å². The quantitative estimate of drug-likeness (QED) is 0.878. The molecule has 22 heavy (non-hydrogen) atoms. The highest BCUT2D eigenvalue weighted by atomic mass is 15.4. The number of hydrogen-bond acceptors (Lipinski definition) is 5. The molecule has 0 atom stereocenters. The smallest absolute Gasteiger partial charge is 0.334 e. The summed E-state index contributed by atoms with van der Waals surface area (Å²) in [5.41, 5.74) is 1.22. The molecule has 0 saturated carbocycles. The zero-order valence-electron chi connectivity index (χ0n) is 13.6. The number of nitrogens with zero attached hydrogens (tertiary/aromatic N) is 5. The Morgan fingerprint density at radius 2 is 1.77 bits per heavy atom. The van der Waals surface area contributed by atoms with Gasteiger partial charge in [0.25, 0.3) is 0 Å². The van der Waals surface area contributed by atoms with Gasteiger partial charge < -0.3 is 14.3 Å². The van der Waals surface area contributed by atoms with Gasteiger partial charge in [-0.05, 0) is 18.2 Å². The summed E-state index contributed by atoms with van der Waals surface area (Å²) in [4.78, 5) is 8.98. The number of para-hydroxylation sites is 1. The van der Waals surface area contributed by atoms with Crippen molar-refractivity contribution >= 4 is 25.6 Å². The van der Waals surface area contributed by atoms with Gasteiger partial charge in [0.05, 0.1) is 6.67 Å². The molecule has 0 unspecified atom stereocenters. The van der Waals surface area contributed by atoms with Crippen molar-refractivity contribution in [3.05, 3.63) is 36.7 Å². The summed E-state index contributed by atoms with van der Waals surface area (Å²) in [6.45, 7) is 10.3. The van der Waals surface area contributed by atoms with Crippen LogP contribution >= 0.6 is 0 Å². The molecule has 6 nitrogen and oxygen atoms in total. The first kappa shape index (κ1) is 15.0. The van der Waals surface area contributed by atoms with E-state index in [-0.39, 0.29) is 6.98 Å². The van der Waals surface area contributed by atoms with E-state index in [0.29, 0.717) is 13.0 Å². The van der Waals surface area contributed by atoms with Gasteiger partial charge in [0, 0.05) is 5.69 Å². The van der Waals surface area contributed by atoms with Gasteiger partial charge >= 0.3 is 14.0 Å². The van der Waals surface area contributed by atoms with Crippen molar-refractivity contribution in [3.8, 4) is 0 Å². The van der Waals surface area contributed by atoms with Crippen molar-refractivity contribution in [1.82, 2.24) is 19.9 Å². The van der Waals surface area contributed by atoms with Crippen LogP contribution in [-0.4, -0.2) is 46.6 Å². The van der Waals surface area contributed by atoms with Crippen LogP contribution in [0.5, 0.6) is 0 Å². The molecule has 2 aromatic rings. The number of benzene rings is 1. The minimum absolute atomic E-state index is 0.253. The zero-order valence-corrected chi connectivity index (χ0v) is 13.6. The molecule has 1 saturated heterocycles. The van der Waals surface area contributed by atoms with E-state index in [4.69, 9.17) is 0 Å². The van der Waals surface area contributed by atoms with E-state index in [1.54, 1.807) is 6.33 Å². The number of aromatic amines is 1. The summed E-state index contributed by atoms with van der Waals surface area (Å²) in [5, 5.41) is 7.00. The lowest BCUT2D eigenvalue weighted by atomic mass is 9.56. The fourth-order valence-corrected chi connectivity index (χ4v) is 3.40. The standard InChI is InChI=1S/C14H22B2N6/c1-12(2)22-15(3)20(13-8-6-5-7-9-13)11-21(16(22)4)14-17-10-18-19-14/h5-10,12H,11H2,1-4H3,(H,17,18,19). The summed E-state index contributed by atoms with van der Waals surface area (Å²) >= 11 is 0. The van der Waals surface area contributed by atoms with Gasteiger partial charge in [0.15, 0.2) is 0 Å². The second kappa shape index (κ2) is 6.04. The highest BCUT2D eigenvalue weighted by molar-refractivity contribution is 6.77. The Bertz CT molecular complexity index is 591. The van der Waals surface area contributed by atoms with Gasteiger partial charge in [0.2, 0.25) is 5.95 Å². The minimum Gasteiger partial charge on any atom is -0.386 e. The van der Waals surface area contributed by atoms with Crippen LogP contribution in [0.4, 0.5) is 11.6 Å². The SMILES string of the molecule is CB1N(c2ccccc2)CN(c2ncn[nH]2)B(C)N1C(C)C. The van der Waals surface area contributed by atoms with Crippen LogP contribution in [0, 0.1) is 0 Å². The maximum absolute atomic E-state index is 4.34. The highest BCUT2D eigenvalue weighted by Gasteiger charge is 2.43. The van der Waals surface area contributed by atoms with Crippen LogP contribution in [0.25, 0.3) is 0 Å². The molecule has 0 amide bonds. The van der Waals surface area contributed by atoms with E-state index in [2.05, 4.69) is 87.4 Å². The number of hydrogen-bond donors (Lipinski definition) is 1. The second-order valence-electron chi connectivity index (χ2n) is 6.03. The van der Waals surface area contributed by atoms with Crippen LogP contribution in [0.3, 0.4) is 0 Å². The third-order valence-corrected chi connectivity index (χ3v) is 4.43. The van der Waals surface area contributed by atoms with Gasteiger partial charge in [-0.25, -0.2) is 10.1 Å². The Kier molecular flexibility index (Phi) is 4.11. The molecular formula is C14H22B2N6. The molecule has 1 aliphatic heterocycles. The molecule has 1 fully saturated rings. The molecule has 0 spiro atoms. The Labute approximate surface area is 132 Å². The number of rotatable bonds is 3. The predicted octanol–water partition coefficient (Wildman–Crippen LogP) is 2.04. The molecule has 0 radical (unpaired) electrons. The maximum atomic E-state index is 4.34. The molecule has 3 rings (SSSR count). The van der Waals surface area contributed by atoms with E-state index in [1.165, 1.54) is 5.69 Å². The molecule has 0 bridgehead atoms. The molecule has 1 aromatic heterocycles. The summed E-state index contributed by atoms with van der Waals surface area (Å²) < 4.78 is 2.49. The summed E-state index contributed by atoms with van der Waals surface area (Å²) in [5.74, 6) is 0.811. The molecule has 1 aliphatic rings. The van der Waals surface area contributed by atoms with Gasteiger partial charge in [0.1, 0.15) is 6.33 Å².